The molecule has 0 unspecified atom stereocenters. The quantitative estimate of drug-likeness (QED) is 0.842. The van der Waals surface area contributed by atoms with Crippen molar-refractivity contribution in [3.8, 4) is 0 Å². The molecule has 16 heavy (non-hydrogen) atoms. The average Bonchev–Trinajstić information content (AvgIpc) is 2.60. The number of hydrogen-bond donors (Lipinski definition) is 1. The molecule has 0 saturated heterocycles. The van der Waals surface area contributed by atoms with Gasteiger partial charge in [-0.1, -0.05) is 12.1 Å². The van der Waals surface area contributed by atoms with Gasteiger partial charge in [-0.3, -0.25) is 4.68 Å². The van der Waals surface area contributed by atoms with Crippen LogP contribution in [0.3, 0.4) is 0 Å². The van der Waals surface area contributed by atoms with E-state index in [1.807, 2.05) is 18.3 Å². The SMILES string of the molecule is Cc1cc(Cn2ccc(N)n2)cc(C)c1F. The molecule has 0 bridgehead atoms. The molecular formula is C12H14FN3. The zero-order valence-corrected chi connectivity index (χ0v) is 9.37. The van der Waals surface area contributed by atoms with E-state index in [9.17, 15) is 4.39 Å². The summed E-state index contributed by atoms with van der Waals surface area (Å²) in [7, 11) is 0. The van der Waals surface area contributed by atoms with Crippen molar-refractivity contribution >= 4 is 5.82 Å². The summed E-state index contributed by atoms with van der Waals surface area (Å²) in [5, 5.41) is 4.09. The maximum absolute atomic E-state index is 13.4. The van der Waals surface area contributed by atoms with E-state index < -0.39 is 0 Å². The Hall–Kier alpha value is -1.84. The van der Waals surface area contributed by atoms with Gasteiger partial charge >= 0.3 is 0 Å². The molecule has 0 aliphatic carbocycles. The van der Waals surface area contributed by atoms with Gasteiger partial charge in [-0.15, -0.1) is 0 Å². The maximum atomic E-state index is 13.4. The molecule has 4 heteroatoms. The lowest BCUT2D eigenvalue weighted by Gasteiger charge is -2.06. The van der Waals surface area contributed by atoms with Gasteiger partial charge in [-0.25, -0.2) is 4.39 Å². The van der Waals surface area contributed by atoms with Crippen LogP contribution >= 0.6 is 0 Å². The second-order valence-electron chi connectivity index (χ2n) is 3.98. The third-order valence-corrected chi connectivity index (χ3v) is 2.50. The Morgan fingerprint density at radius 1 is 1.31 bits per heavy atom. The van der Waals surface area contributed by atoms with E-state index in [1.165, 1.54) is 0 Å². The van der Waals surface area contributed by atoms with Gasteiger partial charge in [0.1, 0.15) is 11.6 Å². The Labute approximate surface area is 93.7 Å². The number of benzene rings is 1. The van der Waals surface area contributed by atoms with Gasteiger partial charge < -0.3 is 5.73 Å². The Kier molecular flexibility index (Phi) is 2.64. The normalized spacial score (nSPS) is 10.7. The Bertz CT molecular complexity index is 494. The third kappa shape index (κ3) is 2.05. The van der Waals surface area contributed by atoms with Gasteiger partial charge in [0.15, 0.2) is 0 Å². The van der Waals surface area contributed by atoms with E-state index in [0.717, 1.165) is 5.56 Å². The van der Waals surface area contributed by atoms with Gasteiger partial charge in [0.05, 0.1) is 6.54 Å². The lowest BCUT2D eigenvalue weighted by Crippen LogP contribution is -2.03. The molecule has 2 rings (SSSR count). The molecule has 2 aromatic rings. The molecule has 0 atom stereocenters. The lowest BCUT2D eigenvalue weighted by atomic mass is 10.1. The standard InChI is InChI=1S/C12H14FN3/c1-8-5-10(6-9(2)12(8)13)7-16-4-3-11(14)15-16/h3-6H,7H2,1-2H3,(H2,14,15). The van der Waals surface area contributed by atoms with Gasteiger partial charge in [0.25, 0.3) is 0 Å². The molecule has 84 valence electrons. The van der Waals surface area contributed by atoms with Crippen molar-refractivity contribution in [2.75, 3.05) is 5.73 Å². The number of aromatic nitrogens is 2. The van der Waals surface area contributed by atoms with Crippen LogP contribution in [0.25, 0.3) is 0 Å². The number of hydrogen-bond acceptors (Lipinski definition) is 2. The molecule has 0 saturated carbocycles. The van der Waals surface area contributed by atoms with Crippen molar-refractivity contribution < 1.29 is 4.39 Å². The van der Waals surface area contributed by atoms with E-state index in [-0.39, 0.29) is 5.82 Å². The number of aryl methyl sites for hydroxylation is 2. The smallest absolute Gasteiger partial charge is 0.145 e. The summed E-state index contributed by atoms with van der Waals surface area (Å²) >= 11 is 0. The molecule has 0 spiro atoms. The molecule has 1 aromatic heterocycles. The van der Waals surface area contributed by atoms with Crippen molar-refractivity contribution in [2.45, 2.75) is 20.4 Å². The molecular weight excluding hydrogens is 205 g/mol. The van der Waals surface area contributed by atoms with Crippen molar-refractivity contribution in [3.63, 3.8) is 0 Å². The van der Waals surface area contributed by atoms with Crippen LogP contribution in [-0.4, -0.2) is 9.78 Å². The Morgan fingerprint density at radius 3 is 2.44 bits per heavy atom. The molecule has 1 heterocycles. The van der Waals surface area contributed by atoms with E-state index in [4.69, 9.17) is 5.73 Å². The summed E-state index contributed by atoms with van der Waals surface area (Å²) in [5.74, 6) is 0.360. The van der Waals surface area contributed by atoms with Crippen LogP contribution in [0.5, 0.6) is 0 Å². The summed E-state index contributed by atoms with van der Waals surface area (Å²) in [6.07, 6.45) is 1.81. The fraction of sp³-hybridized carbons (Fsp3) is 0.250. The van der Waals surface area contributed by atoms with Crippen LogP contribution < -0.4 is 5.73 Å². The topological polar surface area (TPSA) is 43.8 Å². The van der Waals surface area contributed by atoms with E-state index in [1.54, 1.807) is 24.6 Å². The number of nitrogen functional groups attached to an aromatic ring is 1. The van der Waals surface area contributed by atoms with Crippen LogP contribution in [-0.2, 0) is 6.54 Å². The molecule has 3 nitrogen and oxygen atoms in total. The van der Waals surface area contributed by atoms with Gasteiger partial charge in [0.2, 0.25) is 0 Å². The fourth-order valence-electron chi connectivity index (χ4n) is 1.78. The highest BCUT2D eigenvalue weighted by molar-refractivity contribution is 5.31. The fourth-order valence-corrected chi connectivity index (χ4v) is 1.78. The molecule has 0 amide bonds. The minimum atomic E-state index is -0.135. The van der Waals surface area contributed by atoms with Gasteiger partial charge in [-0.05, 0) is 36.6 Å². The molecule has 0 aliphatic rings. The summed E-state index contributed by atoms with van der Waals surface area (Å²) < 4.78 is 15.1. The molecule has 0 fully saturated rings. The zero-order chi connectivity index (χ0) is 11.7. The Balaban J connectivity index is 2.28. The Morgan fingerprint density at radius 2 is 1.94 bits per heavy atom. The predicted molar refractivity (Wildman–Crippen MR) is 61.6 cm³/mol. The van der Waals surface area contributed by atoms with E-state index >= 15 is 0 Å². The maximum Gasteiger partial charge on any atom is 0.145 e. The lowest BCUT2D eigenvalue weighted by molar-refractivity contribution is 0.605. The number of nitrogens with two attached hydrogens (primary N) is 1. The number of halogens is 1. The average molecular weight is 219 g/mol. The van der Waals surface area contributed by atoms with Gasteiger partial charge in [0, 0.05) is 6.20 Å². The van der Waals surface area contributed by atoms with Crippen molar-refractivity contribution in [3.05, 3.63) is 46.9 Å². The van der Waals surface area contributed by atoms with Crippen molar-refractivity contribution in [1.29, 1.82) is 0 Å². The highest BCUT2D eigenvalue weighted by atomic mass is 19.1. The third-order valence-electron chi connectivity index (χ3n) is 2.50. The number of nitrogens with zero attached hydrogens (tertiary/aromatic N) is 2. The summed E-state index contributed by atoms with van der Waals surface area (Å²) in [4.78, 5) is 0. The molecule has 0 aliphatic heterocycles. The molecule has 1 aromatic carbocycles. The van der Waals surface area contributed by atoms with Crippen molar-refractivity contribution in [1.82, 2.24) is 9.78 Å². The summed E-state index contributed by atoms with van der Waals surface area (Å²) in [5.41, 5.74) is 7.88. The number of rotatable bonds is 2. The van der Waals surface area contributed by atoms with Crippen LogP contribution in [0.15, 0.2) is 24.4 Å². The van der Waals surface area contributed by atoms with Crippen LogP contribution in [0.4, 0.5) is 10.2 Å². The minimum Gasteiger partial charge on any atom is -0.382 e. The van der Waals surface area contributed by atoms with E-state index in [2.05, 4.69) is 5.10 Å². The largest absolute Gasteiger partial charge is 0.382 e. The van der Waals surface area contributed by atoms with Crippen LogP contribution in [0, 0.1) is 19.7 Å². The molecule has 0 radical (unpaired) electrons. The first kappa shape index (κ1) is 10.7. The number of anilines is 1. The van der Waals surface area contributed by atoms with Crippen LogP contribution in [0.2, 0.25) is 0 Å². The summed E-state index contributed by atoms with van der Waals surface area (Å²) in [6.45, 7) is 4.14. The molecule has 2 N–H and O–H groups in total. The summed E-state index contributed by atoms with van der Waals surface area (Å²) in [6, 6.07) is 5.41. The highest BCUT2D eigenvalue weighted by Gasteiger charge is 2.05. The van der Waals surface area contributed by atoms with Crippen molar-refractivity contribution in [2.24, 2.45) is 0 Å². The predicted octanol–water partition coefficient (Wildman–Crippen LogP) is 2.27. The monoisotopic (exact) mass is 219 g/mol. The second kappa shape index (κ2) is 3.96. The first-order valence-electron chi connectivity index (χ1n) is 5.11. The van der Waals surface area contributed by atoms with Crippen LogP contribution in [0.1, 0.15) is 16.7 Å². The highest BCUT2D eigenvalue weighted by Crippen LogP contribution is 2.15. The first-order chi connectivity index (χ1) is 7.56. The van der Waals surface area contributed by atoms with Gasteiger partial charge in [-0.2, -0.15) is 5.10 Å². The first-order valence-corrected chi connectivity index (χ1v) is 5.11. The zero-order valence-electron chi connectivity index (χ0n) is 9.37. The second-order valence-corrected chi connectivity index (χ2v) is 3.98. The van der Waals surface area contributed by atoms with E-state index in [0.29, 0.717) is 23.5 Å². The minimum absolute atomic E-state index is 0.135.